The molecule has 224 valence electrons. The number of alkyl halides is 3. The van der Waals surface area contributed by atoms with Crippen LogP contribution in [0, 0.1) is 11.3 Å². The summed E-state index contributed by atoms with van der Waals surface area (Å²) in [6.45, 7) is 7.68. The number of allylic oxidation sites excluding steroid dienone is 1. The van der Waals surface area contributed by atoms with Gasteiger partial charge in [-0.2, -0.15) is 18.6 Å². The van der Waals surface area contributed by atoms with Gasteiger partial charge in [0, 0.05) is 43.3 Å². The lowest BCUT2D eigenvalue weighted by atomic mass is 9.93. The molecule has 2 unspecified atom stereocenters. The van der Waals surface area contributed by atoms with Gasteiger partial charge in [-0.3, -0.25) is 19.5 Å². The number of pyridine rings is 1. The molecule has 1 aromatic rings. The average molecular weight is 594 g/mol. The van der Waals surface area contributed by atoms with E-state index in [2.05, 4.69) is 33.9 Å². The molecule has 4 aliphatic rings. The van der Waals surface area contributed by atoms with E-state index in [4.69, 9.17) is 15.5 Å². The molecule has 9 nitrogen and oxygen atoms in total. The average Bonchev–Trinajstić information content (AvgIpc) is 3.47. The fourth-order valence-corrected chi connectivity index (χ4v) is 6.42. The lowest BCUT2D eigenvalue weighted by Gasteiger charge is -2.34. The lowest BCUT2D eigenvalue weighted by molar-refractivity contribution is -0.192. The number of amides is 1. The van der Waals surface area contributed by atoms with Gasteiger partial charge in [-0.1, -0.05) is 0 Å². The summed E-state index contributed by atoms with van der Waals surface area (Å²) in [5, 5.41) is 1.68. The van der Waals surface area contributed by atoms with Crippen molar-refractivity contribution in [1.82, 2.24) is 15.1 Å². The van der Waals surface area contributed by atoms with Gasteiger partial charge in [0.25, 0.3) is 5.91 Å². The van der Waals surface area contributed by atoms with Gasteiger partial charge in [0.05, 0.1) is 15.9 Å². The fraction of sp³-hybridized carbons (Fsp3) is 0.607. The Morgan fingerprint density at radius 3 is 2.78 bits per heavy atom. The highest BCUT2D eigenvalue weighted by molar-refractivity contribution is 8.02. The minimum Gasteiger partial charge on any atom is -0.404 e. The van der Waals surface area contributed by atoms with Crippen LogP contribution < -0.4 is 25.8 Å². The number of hydrazine groups is 1. The second kappa shape index (κ2) is 11.5. The first kappa shape index (κ1) is 29.7. The molecule has 1 amide bonds. The van der Waals surface area contributed by atoms with Crippen molar-refractivity contribution in [3.63, 3.8) is 0 Å². The molecule has 3 aliphatic heterocycles. The number of nitrogens with zero attached hydrogens (tertiary/aromatic N) is 4. The van der Waals surface area contributed by atoms with Crippen LogP contribution in [0.5, 0.6) is 0 Å². The van der Waals surface area contributed by atoms with Crippen molar-refractivity contribution in [2.75, 3.05) is 29.6 Å². The highest BCUT2D eigenvalue weighted by Gasteiger charge is 2.62. The predicted octanol–water partition coefficient (Wildman–Crippen LogP) is 5.03. The quantitative estimate of drug-likeness (QED) is 0.408. The topological polar surface area (TPSA) is 108 Å². The summed E-state index contributed by atoms with van der Waals surface area (Å²) in [5.74, 6) is 1.26. The molecular weight excluding hydrogens is 555 g/mol. The zero-order valence-electron chi connectivity index (χ0n) is 23.6. The van der Waals surface area contributed by atoms with Gasteiger partial charge in [-0.05, 0) is 95.4 Å². The number of ether oxygens (including phenoxy) is 1. The second-order valence-corrected chi connectivity index (χ2v) is 12.7. The largest absolute Gasteiger partial charge is 0.404 e. The van der Waals surface area contributed by atoms with Crippen LogP contribution in [0.3, 0.4) is 0 Å². The number of aromatic nitrogens is 1. The van der Waals surface area contributed by atoms with E-state index in [1.807, 2.05) is 6.92 Å². The van der Waals surface area contributed by atoms with Crippen LogP contribution in [0.2, 0.25) is 0 Å². The monoisotopic (exact) mass is 593 g/mol. The fourth-order valence-electron chi connectivity index (χ4n) is 5.83. The van der Waals surface area contributed by atoms with Crippen molar-refractivity contribution >= 4 is 35.2 Å². The van der Waals surface area contributed by atoms with Gasteiger partial charge in [0.2, 0.25) is 0 Å². The van der Waals surface area contributed by atoms with E-state index in [1.165, 1.54) is 6.20 Å². The van der Waals surface area contributed by atoms with Crippen LogP contribution in [0.25, 0.3) is 0 Å². The molecular formula is C28H38F3N7O2S. The Bertz CT molecular complexity index is 1250. The van der Waals surface area contributed by atoms with Gasteiger partial charge in [0.1, 0.15) is 17.9 Å². The Kier molecular flexibility index (Phi) is 8.32. The van der Waals surface area contributed by atoms with Gasteiger partial charge < -0.3 is 15.4 Å². The van der Waals surface area contributed by atoms with Crippen molar-refractivity contribution in [3.05, 3.63) is 41.1 Å². The first-order valence-corrected chi connectivity index (χ1v) is 14.9. The highest BCUT2D eigenvalue weighted by Crippen LogP contribution is 2.59. The molecule has 1 saturated heterocycles. The third-order valence-corrected chi connectivity index (χ3v) is 9.40. The van der Waals surface area contributed by atoms with Gasteiger partial charge in [0.15, 0.2) is 0 Å². The number of anilines is 2. The highest BCUT2D eigenvalue weighted by atomic mass is 32.2. The number of carbonyl (C=O) groups excluding carboxylic acids is 1. The maximum atomic E-state index is 13.4. The molecule has 1 saturated carbocycles. The van der Waals surface area contributed by atoms with E-state index in [0.717, 1.165) is 43.5 Å². The summed E-state index contributed by atoms with van der Waals surface area (Å²) >= 11 is 1.13. The summed E-state index contributed by atoms with van der Waals surface area (Å²) in [5.41, 5.74) is 8.36. The Balaban J connectivity index is 1.34. The minimum absolute atomic E-state index is 0.00240. The maximum absolute atomic E-state index is 13.4. The van der Waals surface area contributed by atoms with E-state index in [9.17, 15) is 18.0 Å². The molecule has 13 heteroatoms. The smallest absolute Gasteiger partial charge is 0.394 e. The van der Waals surface area contributed by atoms with Crippen LogP contribution in [-0.2, 0) is 4.74 Å². The molecule has 2 atom stereocenters. The zero-order chi connectivity index (χ0) is 29.4. The summed E-state index contributed by atoms with van der Waals surface area (Å²) in [4.78, 5) is 25.9. The lowest BCUT2D eigenvalue weighted by Crippen LogP contribution is -2.41. The normalized spacial score (nSPS) is 26.9. The third kappa shape index (κ3) is 6.36. The Morgan fingerprint density at radius 2 is 2.07 bits per heavy atom. The number of carbonyl (C=O) groups is 1. The molecule has 5 rings (SSSR count). The molecule has 0 spiro atoms. The second-order valence-electron chi connectivity index (χ2n) is 11.9. The van der Waals surface area contributed by atoms with Crippen molar-refractivity contribution < 1.29 is 22.7 Å². The van der Waals surface area contributed by atoms with E-state index >= 15 is 0 Å². The van der Waals surface area contributed by atoms with Crippen LogP contribution in [0.1, 0.15) is 69.7 Å². The number of nitrogens with one attached hydrogen (secondary N) is 2. The molecule has 2 bridgehead atoms. The summed E-state index contributed by atoms with van der Waals surface area (Å²) in [6, 6.07) is 3.49. The number of halogens is 3. The molecule has 4 heterocycles. The third-order valence-electron chi connectivity index (χ3n) is 8.46. The molecule has 0 radical (unpaired) electrons. The Morgan fingerprint density at radius 1 is 1.29 bits per heavy atom. The number of rotatable bonds is 5. The van der Waals surface area contributed by atoms with E-state index in [-0.39, 0.29) is 37.3 Å². The molecule has 2 fully saturated rings. The first-order chi connectivity index (χ1) is 19.4. The van der Waals surface area contributed by atoms with Crippen molar-refractivity contribution in [3.8, 4) is 0 Å². The summed E-state index contributed by atoms with van der Waals surface area (Å²) < 4.78 is 48.4. The van der Waals surface area contributed by atoms with Crippen molar-refractivity contribution in [1.29, 1.82) is 0 Å². The molecule has 0 aromatic carbocycles. The van der Waals surface area contributed by atoms with E-state index in [0.29, 0.717) is 34.6 Å². The van der Waals surface area contributed by atoms with Gasteiger partial charge >= 0.3 is 6.18 Å². The van der Waals surface area contributed by atoms with Crippen molar-refractivity contribution in [2.24, 2.45) is 22.1 Å². The summed E-state index contributed by atoms with van der Waals surface area (Å²) in [6.07, 6.45) is 3.37. The number of fused-ring (bicyclic) bond motifs is 4. The zero-order valence-corrected chi connectivity index (χ0v) is 24.4. The van der Waals surface area contributed by atoms with Crippen LogP contribution in [-0.4, -0.2) is 54.2 Å². The number of hydrogen-bond donors (Lipinski definition) is 3. The first-order valence-electron chi connectivity index (χ1n) is 14.0. The van der Waals surface area contributed by atoms with Gasteiger partial charge in [-0.15, -0.1) is 0 Å². The number of nitrogens with two attached hydrogens (primary N) is 1. The standard InChI is InChI=1S/C28H38F3N7O2S/c1-18-21(16-32)41-36-25(39)20-6-7-22(34-24(20)37-17-19(5-4-12-33-18)15-26(37,2)3)38-13-8-23(35-38)40-14-11-27(9-10-27)28(29,30)31/h6-8,13,16,19,23,35H,4-5,9-12,14-15,17,32H2,1-3H3,(H,36,39)/b21-16+,33-18?. The summed E-state index contributed by atoms with van der Waals surface area (Å²) in [7, 11) is 0. The Labute approximate surface area is 242 Å². The van der Waals surface area contributed by atoms with E-state index in [1.54, 1.807) is 29.4 Å². The van der Waals surface area contributed by atoms with Crippen LogP contribution >= 0.6 is 11.9 Å². The van der Waals surface area contributed by atoms with Crippen LogP contribution in [0.4, 0.5) is 24.8 Å². The minimum atomic E-state index is -4.19. The van der Waals surface area contributed by atoms with Crippen molar-refractivity contribution in [2.45, 2.75) is 77.2 Å². The molecule has 41 heavy (non-hydrogen) atoms. The van der Waals surface area contributed by atoms with E-state index < -0.39 is 17.8 Å². The van der Waals surface area contributed by atoms with Gasteiger partial charge in [-0.25, -0.2) is 4.98 Å². The predicted molar refractivity (Wildman–Crippen MR) is 155 cm³/mol. The number of hydrogen-bond acceptors (Lipinski definition) is 9. The molecule has 1 aromatic heterocycles. The SMILES string of the molecule is CC1=NCCCC2CN(c3nc(N4C=CC(OCCC5(C(F)(F)F)CC5)N4)ccc3C(=O)NS/C1=C/N)C(C)(C)C2. The molecule has 4 N–H and O–H groups in total. The maximum Gasteiger partial charge on any atom is 0.394 e. The molecule has 1 aliphatic carbocycles. The number of aliphatic imine (C=N–C) groups is 1. The Hall–Kier alpha value is -2.77. The van der Waals surface area contributed by atoms with Crippen LogP contribution in [0.15, 0.2) is 40.5 Å².